The SMILES string of the molecule is COc1ccc(C)cc1C(C)OC. The van der Waals surface area contributed by atoms with Crippen molar-refractivity contribution >= 4 is 0 Å². The summed E-state index contributed by atoms with van der Waals surface area (Å²) in [5.41, 5.74) is 2.32. The van der Waals surface area contributed by atoms with E-state index in [1.807, 2.05) is 19.1 Å². The molecule has 0 bridgehead atoms. The molecule has 1 unspecified atom stereocenters. The van der Waals surface area contributed by atoms with Crippen LogP contribution in [0.25, 0.3) is 0 Å². The van der Waals surface area contributed by atoms with E-state index in [0.29, 0.717) is 0 Å². The van der Waals surface area contributed by atoms with Gasteiger partial charge in [-0.25, -0.2) is 0 Å². The lowest BCUT2D eigenvalue weighted by atomic mass is 10.1. The van der Waals surface area contributed by atoms with E-state index in [2.05, 4.69) is 13.0 Å². The van der Waals surface area contributed by atoms with Crippen LogP contribution in [0.1, 0.15) is 24.2 Å². The molecule has 1 rings (SSSR count). The molecule has 0 saturated heterocycles. The van der Waals surface area contributed by atoms with E-state index in [-0.39, 0.29) is 6.10 Å². The second kappa shape index (κ2) is 4.28. The zero-order valence-corrected chi connectivity index (χ0v) is 8.63. The molecule has 0 heterocycles. The Labute approximate surface area is 79.5 Å². The predicted molar refractivity (Wildman–Crippen MR) is 53.2 cm³/mol. The summed E-state index contributed by atoms with van der Waals surface area (Å²) in [6.07, 6.45) is 0.0786. The van der Waals surface area contributed by atoms with Crippen LogP contribution in [0, 0.1) is 6.92 Å². The molecule has 13 heavy (non-hydrogen) atoms. The van der Waals surface area contributed by atoms with Crippen molar-refractivity contribution in [1.82, 2.24) is 0 Å². The highest BCUT2D eigenvalue weighted by atomic mass is 16.5. The van der Waals surface area contributed by atoms with Crippen LogP contribution in [-0.4, -0.2) is 14.2 Å². The smallest absolute Gasteiger partial charge is 0.124 e. The van der Waals surface area contributed by atoms with Gasteiger partial charge in [0.2, 0.25) is 0 Å². The average molecular weight is 180 g/mol. The maximum atomic E-state index is 5.25. The lowest BCUT2D eigenvalue weighted by molar-refractivity contribution is 0.117. The minimum atomic E-state index is 0.0786. The van der Waals surface area contributed by atoms with Gasteiger partial charge >= 0.3 is 0 Å². The van der Waals surface area contributed by atoms with E-state index in [0.717, 1.165) is 11.3 Å². The number of methoxy groups -OCH3 is 2. The van der Waals surface area contributed by atoms with Gasteiger partial charge in [-0.05, 0) is 26.0 Å². The average Bonchev–Trinajstić information content (AvgIpc) is 2.16. The fourth-order valence-corrected chi connectivity index (χ4v) is 1.30. The Hall–Kier alpha value is -1.02. The van der Waals surface area contributed by atoms with E-state index in [1.165, 1.54) is 5.56 Å². The lowest BCUT2D eigenvalue weighted by Crippen LogP contribution is -1.99. The highest BCUT2D eigenvalue weighted by Crippen LogP contribution is 2.27. The van der Waals surface area contributed by atoms with E-state index in [1.54, 1.807) is 14.2 Å². The highest BCUT2D eigenvalue weighted by Gasteiger charge is 2.09. The van der Waals surface area contributed by atoms with Gasteiger partial charge in [0.15, 0.2) is 0 Å². The maximum absolute atomic E-state index is 5.25. The van der Waals surface area contributed by atoms with Gasteiger partial charge in [0.05, 0.1) is 13.2 Å². The monoisotopic (exact) mass is 180 g/mol. The minimum absolute atomic E-state index is 0.0786. The van der Waals surface area contributed by atoms with Gasteiger partial charge < -0.3 is 9.47 Å². The van der Waals surface area contributed by atoms with Crippen LogP contribution in [-0.2, 0) is 4.74 Å². The van der Waals surface area contributed by atoms with Gasteiger partial charge in [0, 0.05) is 12.7 Å². The summed E-state index contributed by atoms with van der Waals surface area (Å²) in [6.45, 7) is 4.07. The topological polar surface area (TPSA) is 18.5 Å². The van der Waals surface area contributed by atoms with Crippen molar-refractivity contribution < 1.29 is 9.47 Å². The first-order valence-corrected chi connectivity index (χ1v) is 4.36. The van der Waals surface area contributed by atoms with Crippen LogP contribution in [0.2, 0.25) is 0 Å². The molecular formula is C11H16O2. The first kappa shape index (κ1) is 10.1. The molecular weight excluding hydrogens is 164 g/mol. The molecule has 2 heteroatoms. The number of aryl methyl sites for hydroxylation is 1. The molecule has 0 spiro atoms. The van der Waals surface area contributed by atoms with Gasteiger partial charge in [0.1, 0.15) is 5.75 Å². The standard InChI is InChI=1S/C11H16O2/c1-8-5-6-11(13-4)10(7-8)9(2)12-3/h5-7,9H,1-4H3. The summed E-state index contributed by atoms with van der Waals surface area (Å²) in [7, 11) is 3.38. The molecule has 0 N–H and O–H groups in total. The molecule has 0 aliphatic heterocycles. The van der Waals surface area contributed by atoms with Gasteiger partial charge in [-0.2, -0.15) is 0 Å². The summed E-state index contributed by atoms with van der Waals surface area (Å²) < 4.78 is 10.5. The van der Waals surface area contributed by atoms with Crippen LogP contribution in [0.15, 0.2) is 18.2 Å². The summed E-state index contributed by atoms with van der Waals surface area (Å²) >= 11 is 0. The lowest BCUT2D eigenvalue weighted by Gasteiger charge is -2.14. The normalized spacial score (nSPS) is 12.6. The molecule has 1 atom stereocenters. The molecule has 72 valence electrons. The maximum Gasteiger partial charge on any atom is 0.124 e. The Morgan fingerprint density at radius 1 is 1.23 bits per heavy atom. The zero-order valence-electron chi connectivity index (χ0n) is 8.63. The second-order valence-corrected chi connectivity index (χ2v) is 3.12. The molecule has 0 aliphatic rings. The van der Waals surface area contributed by atoms with Crippen molar-refractivity contribution in [3.05, 3.63) is 29.3 Å². The largest absolute Gasteiger partial charge is 0.496 e. The molecule has 2 nitrogen and oxygen atoms in total. The molecule has 0 radical (unpaired) electrons. The first-order chi connectivity index (χ1) is 6.19. The van der Waals surface area contributed by atoms with Crippen molar-refractivity contribution in [3.63, 3.8) is 0 Å². The van der Waals surface area contributed by atoms with Crippen molar-refractivity contribution in [2.45, 2.75) is 20.0 Å². The number of benzene rings is 1. The van der Waals surface area contributed by atoms with Gasteiger partial charge in [-0.3, -0.25) is 0 Å². The summed E-state index contributed by atoms with van der Waals surface area (Å²) in [5.74, 6) is 0.889. The Bertz CT molecular complexity index is 281. The Kier molecular flexibility index (Phi) is 3.32. The quantitative estimate of drug-likeness (QED) is 0.712. The number of hydrogen-bond acceptors (Lipinski definition) is 2. The molecule has 0 amide bonds. The van der Waals surface area contributed by atoms with E-state index in [9.17, 15) is 0 Å². The third kappa shape index (κ3) is 2.22. The molecule has 1 aromatic carbocycles. The molecule has 0 saturated carbocycles. The van der Waals surface area contributed by atoms with Crippen molar-refractivity contribution in [1.29, 1.82) is 0 Å². The number of hydrogen-bond donors (Lipinski definition) is 0. The Morgan fingerprint density at radius 2 is 1.92 bits per heavy atom. The summed E-state index contributed by atoms with van der Waals surface area (Å²) in [5, 5.41) is 0. The van der Waals surface area contributed by atoms with Gasteiger partial charge in [-0.15, -0.1) is 0 Å². The predicted octanol–water partition coefficient (Wildman–Crippen LogP) is 2.71. The van der Waals surface area contributed by atoms with Gasteiger partial charge in [0.25, 0.3) is 0 Å². The molecule has 1 aromatic rings. The van der Waals surface area contributed by atoms with Crippen molar-refractivity contribution in [2.75, 3.05) is 14.2 Å². The minimum Gasteiger partial charge on any atom is -0.496 e. The van der Waals surface area contributed by atoms with Crippen LogP contribution in [0.5, 0.6) is 5.75 Å². The van der Waals surface area contributed by atoms with Crippen LogP contribution in [0.3, 0.4) is 0 Å². The number of rotatable bonds is 3. The van der Waals surface area contributed by atoms with Crippen LogP contribution in [0.4, 0.5) is 0 Å². The second-order valence-electron chi connectivity index (χ2n) is 3.12. The zero-order chi connectivity index (χ0) is 9.84. The fraction of sp³-hybridized carbons (Fsp3) is 0.455. The third-order valence-electron chi connectivity index (χ3n) is 2.18. The van der Waals surface area contributed by atoms with Crippen molar-refractivity contribution in [2.24, 2.45) is 0 Å². The van der Waals surface area contributed by atoms with Gasteiger partial charge in [-0.1, -0.05) is 11.6 Å². The molecule has 0 fully saturated rings. The summed E-state index contributed by atoms with van der Waals surface area (Å²) in [6, 6.07) is 6.10. The fourth-order valence-electron chi connectivity index (χ4n) is 1.30. The van der Waals surface area contributed by atoms with Crippen LogP contribution < -0.4 is 4.74 Å². The van der Waals surface area contributed by atoms with E-state index in [4.69, 9.17) is 9.47 Å². The Balaban J connectivity index is 3.07. The summed E-state index contributed by atoms with van der Waals surface area (Å²) in [4.78, 5) is 0. The highest BCUT2D eigenvalue weighted by molar-refractivity contribution is 5.38. The van der Waals surface area contributed by atoms with E-state index >= 15 is 0 Å². The van der Waals surface area contributed by atoms with Crippen molar-refractivity contribution in [3.8, 4) is 5.75 Å². The third-order valence-corrected chi connectivity index (χ3v) is 2.18. The Morgan fingerprint density at radius 3 is 2.46 bits per heavy atom. The molecule has 0 aromatic heterocycles. The van der Waals surface area contributed by atoms with Crippen LogP contribution >= 0.6 is 0 Å². The number of ether oxygens (including phenoxy) is 2. The van der Waals surface area contributed by atoms with E-state index < -0.39 is 0 Å². The molecule has 0 aliphatic carbocycles. The first-order valence-electron chi connectivity index (χ1n) is 4.36.